The van der Waals surface area contributed by atoms with Crippen molar-refractivity contribution in [2.24, 2.45) is 0 Å². The van der Waals surface area contributed by atoms with Crippen LogP contribution in [0.25, 0.3) is 0 Å². The number of hydrogen-bond acceptors (Lipinski definition) is 8. The number of aliphatic hydroxyl groups is 1. The summed E-state index contributed by atoms with van der Waals surface area (Å²) in [5.41, 5.74) is 0.872. The topological polar surface area (TPSA) is 105 Å². The number of fused-ring (bicyclic) bond motifs is 1. The number of nitrogens with one attached hydrogen (secondary N) is 1. The zero-order valence-corrected chi connectivity index (χ0v) is 17.8. The van der Waals surface area contributed by atoms with Crippen molar-refractivity contribution in [1.29, 1.82) is 0 Å². The van der Waals surface area contributed by atoms with Crippen LogP contribution in [0.5, 0.6) is 34.5 Å². The molecule has 2 N–H and O–H groups in total. The smallest absolute Gasteiger partial charge is 0.231 e. The van der Waals surface area contributed by atoms with Crippen LogP contribution < -0.4 is 33.7 Å². The second kappa shape index (κ2) is 10.6. The average Bonchev–Trinajstić information content (AvgIpc) is 3.27. The van der Waals surface area contributed by atoms with Crippen LogP contribution in [-0.2, 0) is 11.2 Å². The lowest BCUT2D eigenvalue weighted by Gasteiger charge is -2.15. The van der Waals surface area contributed by atoms with Gasteiger partial charge in [-0.3, -0.25) is 4.79 Å². The molecule has 0 spiro atoms. The first-order valence-corrected chi connectivity index (χ1v) is 9.80. The van der Waals surface area contributed by atoms with Gasteiger partial charge >= 0.3 is 0 Å². The van der Waals surface area contributed by atoms with E-state index in [1.54, 1.807) is 32.4 Å². The highest BCUT2D eigenvalue weighted by Gasteiger charge is 2.16. The quantitative estimate of drug-likeness (QED) is 0.554. The first kappa shape index (κ1) is 22.4. The SMILES string of the molecule is COc1cc(CCC(=O)NCC(O)COc2ccc3c(c2)OCO3)cc(OC)c1OC. The summed E-state index contributed by atoms with van der Waals surface area (Å²) in [6.45, 7) is 0.301. The van der Waals surface area contributed by atoms with Gasteiger partial charge in [0.05, 0.1) is 21.3 Å². The molecular weight excluding hydrogens is 406 g/mol. The number of carbonyl (C=O) groups excluding carboxylic acids is 1. The Hall–Kier alpha value is -3.33. The van der Waals surface area contributed by atoms with E-state index >= 15 is 0 Å². The van der Waals surface area contributed by atoms with Gasteiger partial charge in [0.15, 0.2) is 23.0 Å². The fourth-order valence-electron chi connectivity index (χ4n) is 3.08. The lowest BCUT2D eigenvalue weighted by molar-refractivity contribution is -0.121. The number of methoxy groups -OCH3 is 3. The Morgan fingerprint density at radius 3 is 2.45 bits per heavy atom. The highest BCUT2D eigenvalue weighted by Crippen LogP contribution is 2.38. The van der Waals surface area contributed by atoms with Gasteiger partial charge in [-0.15, -0.1) is 0 Å². The fourth-order valence-corrected chi connectivity index (χ4v) is 3.08. The number of aryl methyl sites for hydroxylation is 1. The first-order chi connectivity index (χ1) is 15.0. The van der Waals surface area contributed by atoms with Crippen LogP contribution in [0.1, 0.15) is 12.0 Å². The number of amides is 1. The molecule has 0 bridgehead atoms. The second-order valence-corrected chi connectivity index (χ2v) is 6.82. The van der Waals surface area contributed by atoms with Gasteiger partial charge in [-0.1, -0.05) is 0 Å². The first-order valence-electron chi connectivity index (χ1n) is 9.80. The van der Waals surface area contributed by atoms with Crippen molar-refractivity contribution in [3.05, 3.63) is 35.9 Å². The Morgan fingerprint density at radius 1 is 1.06 bits per heavy atom. The van der Waals surface area contributed by atoms with E-state index in [1.807, 2.05) is 12.1 Å². The molecular formula is C22H27NO8. The Morgan fingerprint density at radius 2 is 1.77 bits per heavy atom. The summed E-state index contributed by atoms with van der Waals surface area (Å²) in [5.74, 6) is 3.21. The third-order valence-electron chi connectivity index (χ3n) is 4.69. The monoisotopic (exact) mass is 433 g/mol. The summed E-state index contributed by atoms with van der Waals surface area (Å²) >= 11 is 0. The van der Waals surface area contributed by atoms with E-state index in [4.69, 9.17) is 28.4 Å². The van der Waals surface area contributed by atoms with Gasteiger partial charge in [0.1, 0.15) is 18.5 Å². The minimum absolute atomic E-state index is 0.0345. The van der Waals surface area contributed by atoms with E-state index in [-0.39, 0.29) is 32.3 Å². The van der Waals surface area contributed by atoms with Crippen LogP contribution in [0.2, 0.25) is 0 Å². The van der Waals surface area contributed by atoms with E-state index in [0.29, 0.717) is 40.9 Å². The standard InChI is InChI=1S/C22H27NO8/c1-26-19-8-14(9-20(27-2)22(19)28-3)4-7-21(25)23-11-15(24)12-29-16-5-6-17-18(10-16)31-13-30-17/h5-6,8-10,15,24H,4,7,11-13H2,1-3H3,(H,23,25). The van der Waals surface area contributed by atoms with Gasteiger partial charge in [0.2, 0.25) is 18.4 Å². The number of rotatable bonds is 11. The molecule has 1 aliphatic heterocycles. The Kier molecular flexibility index (Phi) is 7.66. The van der Waals surface area contributed by atoms with Crippen LogP contribution in [0, 0.1) is 0 Å². The average molecular weight is 433 g/mol. The van der Waals surface area contributed by atoms with Crippen molar-refractivity contribution < 1.29 is 38.3 Å². The summed E-state index contributed by atoms with van der Waals surface area (Å²) in [6, 6.07) is 8.79. The molecule has 168 valence electrons. The molecule has 3 rings (SSSR count). The van der Waals surface area contributed by atoms with E-state index < -0.39 is 6.10 Å². The van der Waals surface area contributed by atoms with E-state index in [0.717, 1.165) is 5.56 Å². The number of aliphatic hydroxyl groups excluding tert-OH is 1. The van der Waals surface area contributed by atoms with Crippen LogP contribution in [0.3, 0.4) is 0 Å². The van der Waals surface area contributed by atoms with E-state index in [1.165, 1.54) is 7.11 Å². The van der Waals surface area contributed by atoms with Crippen molar-refractivity contribution in [2.45, 2.75) is 18.9 Å². The molecule has 0 aliphatic carbocycles. The van der Waals surface area contributed by atoms with Crippen molar-refractivity contribution in [2.75, 3.05) is 41.3 Å². The van der Waals surface area contributed by atoms with E-state index in [2.05, 4.69) is 5.32 Å². The summed E-state index contributed by atoms with van der Waals surface area (Å²) < 4.78 is 32.0. The molecule has 1 atom stereocenters. The van der Waals surface area contributed by atoms with Gasteiger partial charge in [-0.2, -0.15) is 0 Å². The Bertz CT molecular complexity index is 876. The predicted octanol–water partition coefficient (Wildman–Crippen LogP) is 1.93. The van der Waals surface area contributed by atoms with Crippen molar-refractivity contribution in [3.8, 4) is 34.5 Å². The maximum Gasteiger partial charge on any atom is 0.231 e. The highest BCUT2D eigenvalue weighted by atomic mass is 16.7. The molecule has 0 fully saturated rings. The number of ether oxygens (including phenoxy) is 6. The van der Waals surface area contributed by atoms with Crippen molar-refractivity contribution >= 4 is 5.91 Å². The summed E-state index contributed by atoms with van der Waals surface area (Å²) in [4.78, 5) is 12.2. The lowest BCUT2D eigenvalue weighted by Crippen LogP contribution is -2.35. The molecule has 9 heteroatoms. The lowest BCUT2D eigenvalue weighted by atomic mass is 10.1. The predicted molar refractivity (Wildman–Crippen MR) is 111 cm³/mol. The highest BCUT2D eigenvalue weighted by molar-refractivity contribution is 5.76. The van der Waals surface area contributed by atoms with Crippen LogP contribution in [0.15, 0.2) is 30.3 Å². The fraction of sp³-hybridized carbons (Fsp3) is 0.409. The molecule has 2 aromatic rings. The molecule has 31 heavy (non-hydrogen) atoms. The van der Waals surface area contributed by atoms with Crippen LogP contribution in [-0.4, -0.2) is 58.4 Å². The molecule has 9 nitrogen and oxygen atoms in total. The summed E-state index contributed by atoms with van der Waals surface area (Å²) in [7, 11) is 4.62. The van der Waals surface area contributed by atoms with Gasteiger partial charge in [0, 0.05) is 19.0 Å². The van der Waals surface area contributed by atoms with Crippen molar-refractivity contribution in [1.82, 2.24) is 5.32 Å². The zero-order valence-electron chi connectivity index (χ0n) is 17.8. The molecule has 1 heterocycles. The minimum atomic E-state index is -0.851. The molecule has 0 radical (unpaired) electrons. The van der Waals surface area contributed by atoms with Crippen LogP contribution >= 0.6 is 0 Å². The van der Waals surface area contributed by atoms with Gasteiger partial charge in [0.25, 0.3) is 0 Å². The van der Waals surface area contributed by atoms with Gasteiger partial charge < -0.3 is 38.8 Å². The summed E-state index contributed by atoms with van der Waals surface area (Å²) in [5, 5.41) is 12.8. The minimum Gasteiger partial charge on any atom is -0.493 e. The molecule has 1 unspecified atom stereocenters. The third-order valence-corrected chi connectivity index (χ3v) is 4.69. The van der Waals surface area contributed by atoms with E-state index in [9.17, 15) is 9.90 Å². The molecule has 0 saturated carbocycles. The Balaban J connectivity index is 1.42. The van der Waals surface area contributed by atoms with Gasteiger partial charge in [-0.05, 0) is 36.2 Å². The zero-order chi connectivity index (χ0) is 22.2. The maximum absolute atomic E-state index is 12.2. The van der Waals surface area contributed by atoms with Gasteiger partial charge in [-0.25, -0.2) is 0 Å². The summed E-state index contributed by atoms with van der Waals surface area (Å²) in [6.07, 6.45) is -0.128. The normalized spacial score (nSPS) is 12.8. The number of carbonyl (C=O) groups is 1. The molecule has 0 aromatic heterocycles. The number of benzene rings is 2. The third kappa shape index (κ3) is 5.85. The second-order valence-electron chi connectivity index (χ2n) is 6.82. The Labute approximate surface area is 180 Å². The molecule has 1 amide bonds. The maximum atomic E-state index is 12.2. The van der Waals surface area contributed by atoms with Crippen molar-refractivity contribution in [3.63, 3.8) is 0 Å². The molecule has 1 aliphatic rings. The largest absolute Gasteiger partial charge is 0.493 e. The van der Waals surface area contributed by atoms with Crippen LogP contribution in [0.4, 0.5) is 0 Å². The molecule has 2 aromatic carbocycles. The molecule has 0 saturated heterocycles. The number of hydrogen-bond donors (Lipinski definition) is 2.